The van der Waals surface area contributed by atoms with E-state index in [0.717, 1.165) is 10.5 Å². The van der Waals surface area contributed by atoms with Crippen LogP contribution in [0.1, 0.15) is 38.8 Å². The topological polar surface area (TPSA) is 139 Å². The van der Waals surface area contributed by atoms with Gasteiger partial charge in [0.15, 0.2) is 0 Å². The van der Waals surface area contributed by atoms with E-state index < -0.39 is 40.0 Å². The minimum absolute atomic E-state index is 0.0565. The number of carbonyl (C=O) groups is 3. The Hall–Kier alpha value is -3.24. The summed E-state index contributed by atoms with van der Waals surface area (Å²) in [6, 6.07) is 12.0. The highest BCUT2D eigenvalue weighted by atomic mass is 32.2. The normalized spacial score (nSPS) is 19.1. The second-order valence-corrected chi connectivity index (χ2v) is 10.5. The van der Waals surface area contributed by atoms with Crippen LogP contribution in [0.3, 0.4) is 0 Å². The maximum absolute atomic E-state index is 13.0. The molecule has 1 aliphatic rings. The fourth-order valence-electron chi connectivity index (χ4n) is 3.41. The molecule has 1 atom stereocenters. The Labute approximate surface area is 187 Å². The highest BCUT2D eigenvalue weighted by Gasteiger charge is 2.49. The van der Waals surface area contributed by atoms with Gasteiger partial charge in [0.1, 0.15) is 12.1 Å². The number of benzene rings is 2. The minimum Gasteiger partial charge on any atom is -0.325 e. The highest BCUT2D eigenvalue weighted by molar-refractivity contribution is 7.89. The van der Waals surface area contributed by atoms with E-state index >= 15 is 0 Å². The second kappa shape index (κ2) is 8.03. The number of anilines is 1. The second-order valence-electron chi connectivity index (χ2n) is 8.89. The molecule has 1 aliphatic heterocycles. The number of imide groups is 1. The van der Waals surface area contributed by atoms with Crippen molar-refractivity contribution in [1.82, 2.24) is 10.2 Å². The fraction of sp³-hybridized carbons (Fsp3) is 0.318. The van der Waals surface area contributed by atoms with Crippen LogP contribution in [0, 0.1) is 0 Å². The summed E-state index contributed by atoms with van der Waals surface area (Å²) < 4.78 is 22.6. The molecule has 2 aromatic carbocycles. The monoisotopic (exact) mass is 458 g/mol. The van der Waals surface area contributed by atoms with Crippen LogP contribution >= 0.6 is 0 Å². The molecule has 1 fully saturated rings. The Morgan fingerprint density at radius 2 is 1.62 bits per heavy atom. The first-order chi connectivity index (χ1) is 14.7. The standard InChI is InChI=1S/C22H26N4O5S/c1-21(2,3)14-5-7-15(8-6-14)22(4)19(28)26(20(29)25-22)13-18(27)24-16-9-11-17(12-10-16)32(23,30)31/h5-12H,13H2,1-4H3,(H,24,27)(H,25,29)(H2,23,30,31)/t22-/m1/s1. The van der Waals surface area contributed by atoms with E-state index in [4.69, 9.17) is 5.14 Å². The van der Waals surface area contributed by atoms with E-state index in [0.29, 0.717) is 11.3 Å². The van der Waals surface area contributed by atoms with Crippen molar-refractivity contribution in [1.29, 1.82) is 0 Å². The number of rotatable bonds is 5. The predicted octanol–water partition coefficient (Wildman–Crippen LogP) is 2.04. The first-order valence-corrected chi connectivity index (χ1v) is 11.4. The van der Waals surface area contributed by atoms with Gasteiger partial charge in [0.05, 0.1) is 4.90 Å². The minimum atomic E-state index is -3.85. The lowest BCUT2D eigenvalue weighted by atomic mass is 9.84. The lowest BCUT2D eigenvalue weighted by molar-refractivity contribution is -0.133. The van der Waals surface area contributed by atoms with Gasteiger partial charge in [-0.1, -0.05) is 45.0 Å². The van der Waals surface area contributed by atoms with Crippen LogP contribution in [-0.4, -0.2) is 37.7 Å². The van der Waals surface area contributed by atoms with Gasteiger partial charge in [-0.2, -0.15) is 0 Å². The van der Waals surface area contributed by atoms with Crippen LogP contribution < -0.4 is 15.8 Å². The number of nitrogens with zero attached hydrogens (tertiary/aromatic N) is 1. The van der Waals surface area contributed by atoms with Crippen LogP contribution in [0.2, 0.25) is 0 Å². The van der Waals surface area contributed by atoms with Gasteiger partial charge < -0.3 is 10.6 Å². The van der Waals surface area contributed by atoms with Crippen molar-refractivity contribution in [3.63, 3.8) is 0 Å². The Morgan fingerprint density at radius 3 is 2.12 bits per heavy atom. The fourth-order valence-corrected chi connectivity index (χ4v) is 3.93. The molecule has 1 heterocycles. The molecule has 0 radical (unpaired) electrons. The van der Waals surface area contributed by atoms with Crippen molar-refractivity contribution >= 4 is 33.6 Å². The number of nitrogens with two attached hydrogens (primary N) is 1. The van der Waals surface area contributed by atoms with Gasteiger partial charge in [0.25, 0.3) is 5.91 Å². The van der Waals surface area contributed by atoms with Crippen LogP contribution in [0.25, 0.3) is 0 Å². The molecule has 2 aromatic rings. The van der Waals surface area contributed by atoms with Crippen molar-refractivity contribution in [2.75, 3.05) is 11.9 Å². The molecule has 0 spiro atoms. The summed E-state index contributed by atoms with van der Waals surface area (Å²) in [4.78, 5) is 38.7. The third kappa shape index (κ3) is 4.66. The Morgan fingerprint density at radius 1 is 1.06 bits per heavy atom. The molecule has 0 bridgehead atoms. The maximum Gasteiger partial charge on any atom is 0.325 e. The van der Waals surface area contributed by atoms with E-state index in [1.807, 2.05) is 12.1 Å². The summed E-state index contributed by atoms with van der Waals surface area (Å²) in [6.07, 6.45) is 0. The Bertz CT molecular complexity index is 1170. The SMILES string of the molecule is CC(C)(C)c1ccc([C@@]2(C)NC(=O)N(CC(=O)Nc3ccc(S(N)(=O)=O)cc3)C2=O)cc1. The first-order valence-electron chi connectivity index (χ1n) is 9.90. The molecule has 10 heteroatoms. The van der Waals surface area contributed by atoms with Gasteiger partial charge in [-0.05, 0) is 47.7 Å². The zero-order valence-electron chi connectivity index (χ0n) is 18.3. The van der Waals surface area contributed by atoms with Gasteiger partial charge in [-0.15, -0.1) is 0 Å². The summed E-state index contributed by atoms with van der Waals surface area (Å²) in [6.45, 7) is 7.35. The lowest BCUT2D eigenvalue weighted by Gasteiger charge is -2.24. The molecule has 1 saturated heterocycles. The molecule has 3 rings (SSSR count). The maximum atomic E-state index is 13.0. The molecule has 32 heavy (non-hydrogen) atoms. The van der Waals surface area contributed by atoms with Crippen LogP contribution in [0.5, 0.6) is 0 Å². The van der Waals surface area contributed by atoms with Crippen molar-refractivity contribution in [2.45, 2.75) is 43.5 Å². The molecule has 0 saturated carbocycles. The van der Waals surface area contributed by atoms with Gasteiger partial charge in [-0.25, -0.2) is 18.4 Å². The number of amides is 4. The molecule has 0 unspecified atom stereocenters. The van der Waals surface area contributed by atoms with E-state index in [1.165, 1.54) is 24.3 Å². The van der Waals surface area contributed by atoms with Gasteiger partial charge in [-0.3, -0.25) is 14.5 Å². The van der Waals surface area contributed by atoms with E-state index in [1.54, 1.807) is 19.1 Å². The van der Waals surface area contributed by atoms with Crippen molar-refractivity contribution in [3.05, 3.63) is 59.7 Å². The quantitative estimate of drug-likeness (QED) is 0.589. The van der Waals surface area contributed by atoms with Gasteiger partial charge in [0, 0.05) is 5.69 Å². The lowest BCUT2D eigenvalue weighted by Crippen LogP contribution is -2.42. The predicted molar refractivity (Wildman–Crippen MR) is 119 cm³/mol. The largest absolute Gasteiger partial charge is 0.325 e. The molecular formula is C22H26N4O5S. The van der Waals surface area contributed by atoms with Crippen LogP contribution in [0.15, 0.2) is 53.4 Å². The van der Waals surface area contributed by atoms with Gasteiger partial charge in [0.2, 0.25) is 15.9 Å². The third-order valence-electron chi connectivity index (χ3n) is 5.37. The molecule has 4 N–H and O–H groups in total. The molecule has 0 aliphatic carbocycles. The molecule has 0 aromatic heterocycles. The zero-order valence-corrected chi connectivity index (χ0v) is 19.1. The summed E-state index contributed by atoms with van der Waals surface area (Å²) >= 11 is 0. The number of urea groups is 1. The number of nitrogens with one attached hydrogen (secondary N) is 2. The van der Waals surface area contributed by atoms with Crippen molar-refractivity contribution in [3.8, 4) is 0 Å². The molecular weight excluding hydrogens is 432 g/mol. The molecule has 170 valence electrons. The van der Waals surface area contributed by atoms with Crippen molar-refractivity contribution < 1.29 is 22.8 Å². The van der Waals surface area contributed by atoms with Crippen LogP contribution in [-0.2, 0) is 30.6 Å². The smallest absolute Gasteiger partial charge is 0.325 e. The van der Waals surface area contributed by atoms with Crippen molar-refractivity contribution in [2.24, 2.45) is 5.14 Å². The summed E-state index contributed by atoms with van der Waals surface area (Å²) in [5, 5.41) is 10.3. The summed E-state index contributed by atoms with van der Waals surface area (Å²) in [5.74, 6) is -1.14. The number of primary sulfonamides is 1. The number of carbonyl (C=O) groups excluding carboxylic acids is 3. The Kier molecular flexibility index (Phi) is 5.88. The summed E-state index contributed by atoms with van der Waals surface area (Å²) in [7, 11) is -3.85. The molecule has 9 nitrogen and oxygen atoms in total. The number of hydrogen-bond donors (Lipinski definition) is 3. The number of hydrogen-bond acceptors (Lipinski definition) is 5. The zero-order chi connectivity index (χ0) is 23.9. The van der Waals surface area contributed by atoms with Gasteiger partial charge >= 0.3 is 6.03 Å². The highest BCUT2D eigenvalue weighted by Crippen LogP contribution is 2.31. The number of sulfonamides is 1. The van der Waals surface area contributed by atoms with E-state index in [2.05, 4.69) is 31.4 Å². The van der Waals surface area contributed by atoms with Crippen LogP contribution in [0.4, 0.5) is 10.5 Å². The average Bonchev–Trinajstić information content (AvgIpc) is 2.91. The third-order valence-corrected chi connectivity index (χ3v) is 6.30. The molecule has 4 amide bonds. The van der Waals surface area contributed by atoms with E-state index in [-0.39, 0.29) is 10.3 Å². The first kappa shape index (κ1) is 23.4. The van der Waals surface area contributed by atoms with E-state index in [9.17, 15) is 22.8 Å². The summed E-state index contributed by atoms with van der Waals surface area (Å²) in [5.41, 5.74) is 0.663. The Balaban J connectivity index is 1.72. The average molecular weight is 459 g/mol.